The fourth-order valence-electron chi connectivity index (χ4n) is 2.87. The van der Waals surface area contributed by atoms with Crippen molar-refractivity contribution in [2.24, 2.45) is 15.8 Å². The molecule has 0 aromatic heterocycles. The van der Waals surface area contributed by atoms with E-state index in [1.807, 2.05) is 0 Å². The van der Waals surface area contributed by atoms with Crippen molar-refractivity contribution in [1.29, 1.82) is 0 Å². The molecule has 100 valence electrons. The Balaban J connectivity index is 2.37. The van der Waals surface area contributed by atoms with Gasteiger partial charge < -0.3 is 5.32 Å². The van der Waals surface area contributed by atoms with Crippen LogP contribution in [0, 0.1) is 10.8 Å². The van der Waals surface area contributed by atoms with E-state index >= 15 is 0 Å². The van der Waals surface area contributed by atoms with Gasteiger partial charge in [0.05, 0.1) is 6.04 Å². The lowest BCUT2D eigenvalue weighted by Crippen LogP contribution is -2.34. The van der Waals surface area contributed by atoms with Gasteiger partial charge in [-0.25, -0.2) is 0 Å². The molecule has 0 saturated carbocycles. The average Bonchev–Trinajstić information content (AvgIpc) is 2.27. The van der Waals surface area contributed by atoms with Gasteiger partial charge in [-0.3, -0.25) is 4.99 Å². The number of hydrogen-bond donors (Lipinski definition) is 1. The van der Waals surface area contributed by atoms with Gasteiger partial charge in [-0.1, -0.05) is 46.8 Å². The van der Waals surface area contributed by atoms with Gasteiger partial charge in [0.25, 0.3) is 0 Å². The Kier molecular flexibility index (Phi) is 3.16. The Labute approximate surface area is 111 Å². The Morgan fingerprint density at radius 3 is 2.56 bits per heavy atom. The van der Waals surface area contributed by atoms with E-state index in [1.165, 1.54) is 11.3 Å². The lowest BCUT2D eigenvalue weighted by atomic mass is 9.81. The molecule has 2 rings (SSSR count). The zero-order valence-electron chi connectivity index (χ0n) is 12.6. The number of hydrogen-bond acceptors (Lipinski definition) is 2. The molecule has 0 saturated heterocycles. The lowest BCUT2D eigenvalue weighted by molar-refractivity contribution is 0.303. The van der Waals surface area contributed by atoms with Crippen LogP contribution in [0.5, 0.6) is 0 Å². The highest BCUT2D eigenvalue weighted by Crippen LogP contribution is 2.34. The third-order valence-corrected chi connectivity index (χ3v) is 3.73. The monoisotopic (exact) mass is 246 g/mol. The molecule has 2 heterocycles. The number of fused-ring (bicyclic) bond motifs is 1. The summed E-state index contributed by atoms with van der Waals surface area (Å²) in [6, 6.07) is 0.422. The van der Waals surface area contributed by atoms with Gasteiger partial charge in [0.2, 0.25) is 0 Å². The van der Waals surface area contributed by atoms with Crippen LogP contribution in [0.3, 0.4) is 0 Å². The summed E-state index contributed by atoms with van der Waals surface area (Å²) in [6.07, 6.45) is 6.95. The van der Waals surface area contributed by atoms with E-state index in [0.717, 1.165) is 18.7 Å². The number of amidine groups is 1. The molecule has 0 amide bonds. The van der Waals surface area contributed by atoms with Crippen LogP contribution in [0.4, 0.5) is 0 Å². The normalized spacial score (nSPS) is 27.2. The van der Waals surface area contributed by atoms with Crippen molar-refractivity contribution >= 4 is 5.84 Å². The molecule has 0 spiro atoms. The Morgan fingerprint density at radius 2 is 1.94 bits per heavy atom. The van der Waals surface area contributed by atoms with Crippen molar-refractivity contribution in [2.75, 3.05) is 0 Å². The Bertz CT molecular complexity index is 431. The van der Waals surface area contributed by atoms with Gasteiger partial charge >= 0.3 is 0 Å². The van der Waals surface area contributed by atoms with Gasteiger partial charge in [-0.05, 0) is 30.8 Å². The quantitative estimate of drug-likeness (QED) is 0.685. The third-order valence-electron chi connectivity index (χ3n) is 3.73. The molecule has 2 nitrogen and oxygen atoms in total. The third kappa shape index (κ3) is 2.85. The van der Waals surface area contributed by atoms with Crippen molar-refractivity contribution < 1.29 is 0 Å². The van der Waals surface area contributed by atoms with Crippen LogP contribution in [0.25, 0.3) is 0 Å². The maximum Gasteiger partial charge on any atom is 0.128 e. The van der Waals surface area contributed by atoms with Crippen LogP contribution in [0.1, 0.15) is 54.4 Å². The molecule has 2 aliphatic rings. The highest BCUT2D eigenvalue weighted by molar-refractivity contribution is 6.00. The molecule has 18 heavy (non-hydrogen) atoms. The number of rotatable bonds is 0. The second kappa shape index (κ2) is 4.25. The molecule has 0 fully saturated rings. The fourth-order valence-corrected chi connectivity index (χ4v) is 2.87. The first-order valence-corrected chi connectivity index (χ1v) is 6.94. The van der Waals surface area contributed by atoms with Crippen molar-refractivity contribution in [3.05, 3.63) is 23.4 Å². The molecule has 0 radical (unpaired) electrons. The molecular weight excluding hydrogens is 220 g/mol. The maximum atomic E-state index is 4.95. The van der Waals surface area contributed by atoms with E-state index in [2.05, 4.69) is 59.0 Å². The van der Waals surface area contributed by atoms with Crippen LogP contribution in [-0.4, -0.2) is 11.9 Å². The predicted octanol–water partition coefficient (Wildman–Crippen LogP) is 4.05. The van der Waals surface area contributed by atoms with Gasteiger partial charge in [-0.15, -0.1) is 0 Å². The second-order valence-electron chi connectivity index (χ2n) is 7.34. The van der Waals surface area contributed by atoms with Crippen molar-refractivity contribution in [2.45, 2.75) is 60.4 Å². The maximum absolute atomic E-state index is 4.95. The van der Waals surface area contributed by atoms with Gasteiger partial charge in [0, 0.05) is 11.1 Å². The molecule has 0 aromatic carbocycles. The van der Waals surface area contributed by atoms with Crippen LogP contribution in [0.2, 0.25) is 0 Å². The summed E-state index contributed by atoms with van der Waals surface area (Å²) in [6.45, 7) is 13.5. The number of nitrogens with one attached hydrogen (secondary N) is 1. The summed E-state index contributed by atoms with van der Waals surface area (Å²) < 4.78 is 0. The van der Waals surface area contributed by atoms with Gasteiger partial charge in [-0.2, -0.15) is 0 Å². The van der Waals surface area contributed by atoms with Crippen LogP contribution >= 0.6 is 0 Å². The Morgan fingerprint density at radius 1 is 1.28 bits per heavy atom. The Hall–Kier alpha value is -1.05. The molecule has 0 aromatic rings. The number of nitrogens with zero attached hydrogens (tertiary/aromatic N) is 1. The topological polar surface area (TPSA) is 24.4 Å². The lowest BCUT2D eigenvalue weighted by Gasteiger charge is -2.32. The van der Waals surface area contributed by atoms with Gasteiger partial charge in [0.15, 0.2) is 0 Å². The summed E-state index contributed by atoms with van der Waals surface area (Å²) in [5, 5.41) is 3.48. The number of allylic oxidation sites excluding steroid dienone is 3. The van der Waals surface area contributed by atoms with E-state index in [1.54, 1.807) is 0 Å². The van der Waals surface area contributed by atoms with Gasteiger partial charge in [0.1, 0.15) is 5.84 Å². The van der Waals surface area contributed by atoms with E-state index in [-0.39, 0.29) is 10.8 Å². The summed E-state index contributed by atoms with van der Waals surface area (Å²) in [4.78, 5) is 4.95. The van der Waals surface area contributed by atoms with E-state index in [4.69, 9.17) is 4.99 Å². The SMILES string of the molecule is CC1=CC(C)(C)C=C2CCC(C(C)(C)C)N=C2N1. The standard InChI is InChI=1S/C16H26N2/c1-11-9-16(5,6)10-12-7-8-13(15(2,3)4)18-14(12)17-11/h9-10,13H,7-8H2,1-6H3,(H,17,18). The molecule has 2 aliphatic heterocycles. The minimum Gasteiger partial charge on any atom is -0.344 e. The minimum absolute atomic E-state index is 0.123. The molecule has 2 heteroatoms. The largest absolute Gasteiger partial charge is 0.344 e. The molecule has 0 bridgehead atoms. The van der Waals surface area contributed by atoms with E-state index in [9.17, 15) is 0 Å². The van der Waals surface area contributed by atoms with Crippen molar-refractivity contribution in [1.82, 2.24) is 5.32 Å². The zero-order valence-corrected chi connectivity index (χ0v) is 12.6. The summed E-state index contributed by atoms with van der Waals surface area (Å²) in [7, 11) is 0. The predicted molar refractivity (Wildman–Crippen MR) is 78.7 cm³/mol. The van der Waals surface area contributed by atoms with Crippen LogP contribution < -0.4 is 5.32 Å². The molecule has 1 N–H and O–H groups in total. The molecule has 0 aliphatic carbocycles. The summed E-state index contributed by atoms with van der Waals surface area (Å²) in [5.74, 6) is 1.10. The van der Waals surface area contributed by atoms with E-state index in [0.29, 0.717) is 6.04 Å². The van der Waals surface area contributed by atoms with Crippen LogP contribution in [-0.2, 0) is 0 Å². The molecular formula is C16H26N2. The first kappa shape index (κ1) is 13.4. The smallest absolute Gasteiger partial charge is 0.128 e. The number of aliphatic imine (C=N–C) groups is 1. The zero-order chi connectivity index (χ0) is 13.6. The van der Waals surface area contributed by atoms with Crippen molar-refractivity contribution in [3.8, 4) is 0 Å². The molecule has 1 atom stereocenters. The van der Waals surface area contributed by atoms with E-state index < -0.39 is 0 Å². The average molecular weight is 246 g/mol. The second-order valence-corrected chi connectivity index (χ2v) is 7.34. The summed E-state index contributed by atoms with van der Waals surface area (Å²) >= 11 is 0. The highest BCUT2D eigenvalue weighted by Gasteiger charge is 2.30. The fraction of sp³-hybridized carbons (Fsp3) is 0.688. The van der Waals surface area contributed by atoms with Crippen molar-refractivity contribution in [3.63, 3.8) is 0 Å². The first-order valence-electron chi connectivity index (χ1n) is 6.94. The summed E-state index contributed by atoms with van der Waals surface area (Å²) in [5.41, 5.74) is 2.96. The highest BCUT2D eigenvalue weighted by atomic mass is 15.0. The van der Waals surface area contributed by atoms with Crippen LogP contribution in [0.15, 0.2) is 28.4 Å². The minimum atomic E-state index is 0.123. The first-order chi connectivity index (χ1) is 8.17. The molecule has 1 unspecified atom stereocenters.